The number of thioether (sulfide) groups is 1. The molecule has 4 amide bonds. The molecule has 0 aliphatic carbocycles. The summed E-state index contributed by atoms with van der Waals surface area (Å²) >= 11 is 1.50. The zero-order valence-corrected chi connectivity index (χ0v) is 30.2. The summed E-state index contributed by atoms with van der Waals surface area (Å²) in [6.07, 6.45) is 3.26. The number of para-hydroxylation sites is 1. The number of guanidine groups is 2. The fourth-order valence-electron chi connectivity index (χ4n) is 5.12. The highest BCUT2D eigenvalue weighted by atomic mass is 32.2. The minimum atomic E-state index is -1.80. The first-order valence-electron chi connectivity index (χ1n) is 16.7. The number of aliphatic imine (C=N–C) groups is 2. The molecule has 17 N–H and O–H groups in total. The molecule has 0 aliphatic rings. The van der Waals surface area contributed by atoms with Crippen LogP contribution < -0.4 is 49.9 Å². The molecule has 0 aliphatic heterocycles. The fourth-order valence-corrected chi connectivity index (χ4v) is 5.61. The number of nitrogens with one attached hydrogen (secondary N) is 5. The van der Waals surface area contributed by atoms with Gasteiger partial charge in [0.15, 0.2) is 11.9 Å². The van der Waals surface area contributed by atoms with E-state index in [1.165, 1.54) is 11.8 Å². The van der Waals surface area contributed by atoms with Gasteiger partial charge >= 0.3 is 11.9 Å². The van der Waals surface area contributed by atoms with E-state index in [9.17, 15) is 33.9 Å². The van der Waals surface area contributed by atoms with Gasteiger partial charge < -0.3 is 65.1 Å². The van der Waals surface area contributed by atoms with Gasteiger partial charge in [-0.25, -0.2) is 4.79 Å². The lowest BCUT2D eigenvalue weighted by molar-refractivity contribution is -0.147. The molecule has 53 heavy (non-hydrogen) atoms. The number of aromatic nitrogens is 1. The summed E-state index contributed by atoms with van der Waals surface area (Å²) < 4.78 is 0. The van der Waals surface area contributed by atoms with E-state index >= 15 is 0 Å². The van der Waals surface area contributed by atoms with Gasteiger partial charge in [0.05, 0.1) is 12.5 Å². The number of carbonyl (C=O) groups is 6. The Balaban J connectivity index is 2.45. The number of aliphatic carboxylic acids is 2. The summed E-state index contributed by atoms with van der Waals surface area (Å²) in [5.41, 5.74) is 29.1. The number of nitrogens with zero attached hydrogens (tertiary/aromatic N) is 2. The summed E-state index contributed by atoms with van der Waals surface area (Å²) in [6.45, 7) is 0.199. The van der Waals surface area contributed by atoms with Gasteiger partial charge in [-0.1, -0.05) is 18.2 Å². The van der Waals surface area contributed by atoms with Crippen molar-refractivity contribution in [3.05, 3.63) is 36.0 Å². The first-order chi connectivity index (χ1) is 25.1. The van der Waals surface area contributed by atoms with Crippen LogP contribution in [0.25, 0.3) is 10.9 Å². The molecule has 0 saturated carbocycles. The van der Waals surface area contributed by atoms with Gasteiger partial charge in [-0.3, -0.25) is 34.0 Å². The molecule has 20 nitrogen and oxygen atoms in total. The third-order valence-corrected chi connectivity index (χ3v) is 8.50. The molecule has 0 radical (unpaired) electrons. The van der Waals surface area contributed by atoms with E-state index in [0.717, 1.165) is 10.9 Å². The van der Waals surface area contributed by atoms with E-state index in [1.54, 1.807) is 12.3 Å². The van der Waals surface area contributed by atoms with Crippen LogP contribution in [0.15, 0.2) is 40.4 Å². The monoisotopic (exact) mass is 762 g/mol. The van der Waals surface area contributed by atoms with Gasteiger partial charge in [-0.05, 0) is 55.7 Å². The number of H-pyrrole nitrogens is 1. The predicted octanol–water partition coefficient (Wildman–Crippen LogP) is -2.60. The molecule has 1 aromatic carbocycles. The van der Waals surface area contributed by atoms with Crippen molar-refractivity contribution in [3.63, 3.8) is 0 Å². The number of carboxylic acid groups (broad SMARTS) is 2. The molecule has 0 bridgehead atoms. The molecule has 292 valence electrons. The van der Waals surface area contributed by atoms with Crippen molar-refractivity contribution in [1.29, 1.82) is 0 Å². The standard InChI is InChI=1S/C32H50N12O8S/c1-53-13-10-19(33)26(47)41-21(8-4-11-38-31(34)35)27(48)43-23(14-17-16-40-20-7-3-2-6-18(17)20)29(50)42-22(9-5-12-39-32(36)37)28(49)44-24(30(51)52)15-25(45)46/h2-3,6-7,16,19,21-24,40H,4-5,8-15,33H2,1H3,(H,41,47)(H,42,50)(H,43,48)(H,44,49)(H,45,46)(H,51,52)(H4,34,35,38)(H4,36,37,39)/t19-,21-,22-,23-,24-/m0/s1. The first-order valence-corrected chi connectivity index (χ1v) is 18.1. The van der Waals surface area contributed by atoms with Crippen LogP contribution in [-0.4, -0.2) is 118 Å². The number of fused-ring (bicyclic) bond motifs is 1. The highest BCUT2D eigenvalue weighted by molar-refractivity contribution is 7.98. The maximum atomic E-state index is 14.1. The number of hydrogen-bond donors (Lipinski definition) is 12. The Kier molecular flexibility index (Phi) is 18.4. The van der Waals surface area contributed by atoms with Crippen LogP contribution in [0.4, 0.5) is 0 Å². The van der Waals surface area contributed by atoms with Crippen molar-refractivity contribution in [1.82, 2.24) is 26.3 Å². The quantitative estimate of drug-likeness (QED) is 0.0296. The van der Waals surface area contributed by atoms with Crippen molar-refractivity contribution >= 4 is 70.2 Å². The zero-order valence-electron chi connectivity index (χ0n) is 29.4. The Morgan fingerprint density at radius 3 is 1.79 bits per heavy atom. The van der Waals surface area contributed by atoms with Gasteiger partial charge in [-0.15, -0.1) is 0 Å². The second kappa shape index (κ2) is 22.4. The van der Waals surface area contributed by atoms with Crippen LogP contribution in [0.3, 0.4) is 0 Å². The third kappa shape index (κ3) is 15.7. The lowest BCUT2D eigenvalue weighted by atomic mass is 10.0. The fraction of sp³-hybridized carbons (Fsp3) is 0.500. The van der Waals surface area contributed by atoms with E-state index in [0.29, 0.717) is 17.7 Å². The molecule has 0 fully saturated rings. The smallest absolute Gasteiger partial charge is 0.326 e. The van der Waals surface area contributed by atoms with Crippen molar-refractivity contribution < 1.29 is 39.0 Å². The SMILES string of the molecule is CSCC[C@H](N)C(=O)N[C@@H](CCCN=C(N)N)C(=O)N[C@@H](Cc1c[nH]c2ccccc12)C(=O)N[C@@H](CCCN=C(N)N)C(=O)N[C@@H](CC(=O)O)C(=O)O. The number of amides is 4. The first kappa shape index (κ1) is 43.6. The number of benzene rings is 1. The van der Waals surface area contributed by atoms with Crippen molar-refractivity contribution in [2.75, 3.05) is 25.1 Å². The lowest BCUT2D eigenvalue weighted by Crippen LogP contribution is -2.59. The van der Waals surface area contributed by atoms with Crippen LogP contribution in [-0.2, 0) is 35.2 Å². The normalized spacial score (nSPS) is 13.7. The summed E-state index contributed by atoms with van der Waals surface area (Å²) in [5.74, 6) is -5.97. The van der Waals surface area contributed by atoms with Gasteiger partial charge in [0, 0.05) is 36.6 Å². The van der Waals surface area contributed by atoms with Crippen LogP contribution in [0.2, 0.25) is 0 Å². The maximum absolute atomic E-state index is 14.1. The zero-order chi connectivity index (χ0) is 39.5. The Bertz CT molecular complexity index is 1630. The summed E-state index contributed by atoms with van der Waals surface area (Å²) in [7, 11) is 0. The molecule has 0 saturated heterocycles. The summed E-state index contributed by atoms with van der Waals surface area (Å²) in [5, 5.41) is 29.5. The van der Waals surface area contributed by atoms with Crippen LogP contribution in [0.1, 0.15) is 44.1 Å². The molecule has 2 rings (SSSR count). The summed E-state index contributed by atoms with van der Waals surface area (Å²) in [4.78, 5) is 88.1. The molecule has 0 spiro atoms. The van der Waals surface area contributed by atoms with Gasteiger partial charge in [0.25, 0.3) is 0 Å². The minimum absolute atomic E-state index is 0.0509. The number of aromatic amines is 1. The topological polar surface area (TPSA) is 362 Å². The molecule has 5 atom stereocenters. The molecular weight excluding hydrogens is 712 g/mol. The number of carboxylic acids is 2. The average Bonchev–Trinajstić information content (AvgIpc) is 3.50. The predicted molar refractivity (Wildman–Crippen MR) is 200 cm³/mol. The number of nitrogens with two attached hydrogens (primary N) is 5. The number of hydrogen-bond acceptors (Lipinski definition) is 10. The van der Waals surface area contributed by atoms with Gasteiger partial charge in [-0.2, -0.15) is 11.8 Å². The molecule has 2 aromatic rings. The van der Waals surface area contributed by atoms with Crippen LogP contribution >= 0.6 is 11.8 Å². The van der Waals surface area contributed by atoms with Gasteiger partial charge in [0.1, 0.15) is 24.2 Å². The largest absolute Gasteiger partial charge is 0.481 e. The Hall–Kier alpha value is -5.57. The van der Waals surface area contributed by atoms with Crippen molar-refractivity contribution in [2.24, 2.45) is 38.7 Å². The average molecular weight is 763 g/mol. The van der Waals surface area contributed by atoms with E-state index in [-0.39, 0.29) is 57.1 Å². The molecular formula is C32H50N12O8S. The van der Waals surface area contributed by atoms with Gasteiger partial charge in [0.2, 0.25) is 23.6 Å². The minimum Gasteiger partial charge on any atom is -0.481 e. The third-order valence-electron chi connectivity index (χ3n) is 7.85. The lowest BCUT2D eigenvalue weighted by Gasteiger charge is -2.26. The summed E-state index contributed by atoms with van der Waals surface area (Å²) in [6, 6.07) is 0.625. The molecule has 1 heterocycles. The van der Waals surface area contributed by atoms with Crippen molar-refractivity contribution in [3.8, 4) is 0 Å². The van der Waals surface area contributed by atoms with Crippen LogP contribution in [0.5, 0.6) is 0 Å². The van der Waals surface area contributed by atoms with E-state index < -0.39 is 72.2 Å². The number of rotatable bonds is 24. The Morgan fingerprint density at radius 1 is 0.755 bits per heavy atom. The van der Waals surface area contributed by atoms with Crippen LogP contribution in [0, 0.1) is 0 Å². The number of carbonyl (C=O) groups excluding carboxylic acids is 4. The second-order valence-corrected chi connectivity index (χ2v) is 13.0. The Morgan fingerprint density at radius 2 is 1.26 bits per heavy atom. The molecule has 21 heteroatoms. The van der Waals surface area contributed by atoms with Crippen molar-refractivity contribution in [2.45, 2.75) is 75.2 Å². The highest BCUT2D eigenvalue weighted by Crippen LogP contribution is 2.19. The van der Waals surface area contributed by atoms with E-state index in [1.807, 2.05) is 24.5 Å². The second-order valence-electron chi connectivity index (χ2n) is 12.0. The molecule has 1 aromatic heterocycles. The molecule has 0 unspecified atom stereocenters. The Labute approximate surface area is 309 Å². The maximum Gasteiger partial charge on any atom is 0.326 e. The highest BCUT2D eigenvalue weighted by Gasteiger charge is 2.32. The van der Waals surface area contributed by atoms with E-state index in [2.05, 4.69) is 36.2 Å². The van der Waals surface area contributed by atoms with E-state index in [4.69, 9.17) is 33.8 Å².